The van der Waals surface area contributed by atoms with Crippen molar-refractivity contribution in [1.82, 2.24) is 10.2 Å². The Morgan fingerprint density at radius 3 is 2.53 bits per heavy atom. The highest BCUT2D eigenvalue weighted by Gasteiger charge is 2.33. The Hall–Kier alpha value is -0.0800. The second kappa shape index (κ2) is 8.97. The predicted molar refractivity (Wildman–Crippen MR) is 85.6 cm³/mol. The third-order valence-corrected chi connectivity index (χ3v) is 5.07. The lowest BCUT2D eigenvalue weighted by Crippen LogP contribution is -2.55. The minimum atomic E-state index is 0.722. The molecule has 0 radical (unpaired) electrons. The fourth-order valence-corrected chi connectivity index (χ4v) is 3.49. The molecule has 2 nitrogen and oxygen atoms in total. The Kier molecular flexibility index (Phi) is 8.01. The monoisotopic (exact) mass is 268 g/mol. The zero-order valence-electron chi connectivity index (χ0n) is 13.9. The Balaban J connectivity index is 2.41. The van der Waals surface area contributed by atoms with E-state index >= 15 is 0 Å². The van der Waals surface area contributed by atoms with Crippen molar-refractivity contribution in [1.29, 1.82) is 0 Å². The molecule has 19 heavy (non-hydrogen) atoms. The van der Waals surface area contributed by atoms with Crippen LogP contribution in [0.1, 0.15) is 73.1 Å². The van der Waals surface area contributed by atoms with Crippen molar-refractivity contribution in [2.45, 2.75) is 91.3 Å². The first-order valence-corrected chi connectivity index (χ1v) is 8.60. The lowest BCUT2D eigenvalue weighted by molar-refractivity contribution is 0.0490. The summed E-state index contributed by atoms with van der Waals surface area (Å²) in [5, 5.41) is 3.74. The molecular formula is C17H36N2. The largest absolute Gasteiger partial charge is 0.314 e. The van der Waals surface area contributed by atoms with Crippen LogP contribution < -0.4 is 5.32 Å². The molecule has 1 aliphatic rings. The second-order valence-corrected chi connectivity index (χ2v) is 6.53. The molecule has 0 aromatic carbocycles. The molecule has 1 N–H and O–H groups in total. The number of likely N-dealkylation sites (tertiary alicyclic amines) is 1. The minimum absolute atomic E-state index is 0.722. The summed E-state index contributed by atoms with van der Waals surface area (Å²) in [6.45, 7) is 14.3. The van der Waals surface area contributed by atoms with Gasteiger partial charge in [-0.3, -0.25) is 4.90 Å². The zero-order valence-corrected chi connectivity index (χ0v) is 13.9. The van der Waals surface area contributed by atoms with E-state index in [-0.39, 0.29) is 0 Å². The summed E-state index contributed by atoms with van der Waals surface area (Å²) in [4.78, 5) is 2.75. The lowest BCUT2D eigenvalue weighted by atomic mass is 9.85. The van der Waals surface area contributed by atoms with Crippen LogP contribution in [0.4, 0.5) is 0 Å². The van der Waals surface area contributed by atoms with Gasteiger partial charge in [-0.05, 0) is 45.6 Å². The summed E-state index contributed by atoms with van der Waals surface area (Å²) in [5.41, 5.74) is 0. The van der Waals surface area contributed by atoms with Crippen LogP contribution in [-0.2, 0) is 0 Å². The molecule has 1 fully saturated rings. The summed E-state index contributed by atoms with van der Waals surface area (Å²) < 4.78 is 0. The van der Waals surface area contributed by atoms with Crippen LogP contribution in [0, 0.1) is 5.92 Å². The van der Waals surface area contributed by atoms with E-state index in [2.05, 4.69) is 44.8 Å². The Bertz CT molecular complexity index is 229. The van der Waals surface area contributed by atoms with E-state index in [1.807, 2.05) is 0 Å². The quantitative estimate of drug-likeness (QED) is 0.668. The van der Waals surface area contributed by atoms with Gasteiger partial charge >= 0.3 is 0 Å². The summed E-state index contributed by atoms with van der Waals surface area (Å²) in [6, 6.07) is 2.21. The number of piperidine rings is 1. The van der Waals surface area contributed by atoms with Crippen LogP contribution in [0.5, 0.6) is 0 Å². The molecule has 114 valence electrons. The molecule has 1 rings (SSSR count). The van der Waals surface area contributed by atoms with Crippen molar-refractivity contribution in [3.05, 3.63) is 0 Å². The van der Waals surface area contributed by atoms with Gasteiger partial charge in [0, 0.05) is 24.7 Å². The van der Waals surface area contributed by atoms with Crippen molar-refractivity contribution in [3.8, 4) is 0 Å². The van der Waals surface area contributed by atoms with Crippen LogP contribution >= 0.6 is 0 Å². The number of hydrogen-bond donors (Lipinski definition) is 1. The third-order valence-electron chi connectivity index (χ3n) is 5.07. The summed E-state index contributed by atoms with van der Waals surface area (Å²) in [7, 11) is 0. The van der Waals surface area contributed by atoms with Gasteiger partial charge in [-0.1, -0.05) is 40.0 Å². The van der Waals surface area contributed by atoms with Crippen molar-refractivity contribution < 1.29 is 0 Å². The average molecular weight is 268 g/mol. The minimum Gasteiger partial charge on any atom is -0.314 e. The fourth-order valence-electron chi connectivity index (χ4n) is 3.49. The van der Waals surface area contributed by atoms with Crippen LogP contribution in [0.2, 0.25) is 0 Å². The highest BCUT2D eigenvalue weighted by atomic mass is 15.2. The van der Waals surface area contributed by atoms with E-state index in [1.165, 1.54) is 51.6 Å². The Morgan fingerprint density at radius 2 is 1.89 bits per heavy atom. The molecule has 0 aromatic heterocycles. The number of rotatable bonds is 8. The van der Waals surface area contributed by atoms with Gasteiger partial charge in [-0.2, -0.15) is 0 Å². The SMILES string of the molecule is CCCCCC(C)N1CCC(NCCC)C(C)C1C. The van der Waals surface area contributed by atoms with Gasteiger partial charge in [0.25, 0.3) is 0 Å². The molecule has 1 aliphatic heterocycles. The Labute approximate surface area is 121 Å². The van der Waals surface area contributed by atoms with Crippen LogP contribution in [-0.4, -0.2) is 36.1 Å². The van der Waals surface area contributed by atoms with Gasteiger partial charge in [0.2, 0.25) is 0 Å². The number of nitrogens with one attached hydrogen (secondary N) is 1. The number of unbranched alkanes of at least 4 members (excludes halogenated alkanes) is 2. The fraction of sp³-hybridized carbons (Fsp3) is 1.00. The molecule has 1 saturated heterocycles. The molecule has 0 bridgehead atoms. The van der Waals surface area contributed by atoms with Gasteiger partial charge in [0.1, 0.15) is 0 Å². The van der Waals surface area contributed by atoms with E-state index in [9.17, 15) is 0 Å². The Morgan fingerprint density at radius 1 is 1.16 bits per heavy atom. The molecule has 0 saturated carbocycles. The molecule has 0 spiro atoms. The molecular weight excluding hydrogens is 232 g/mol. The normalized spacial score (nSPS) is 30.5. The standard InChI is InChI=1S/C17H36N2/c1-6-8-9-10-14(3)19-13-11-17(18-12-7-2)15(4)16(19)5/h14-18H,6-13H2,1-5H3. The first-order valence-electron chi connectivity index (χ1n) is 8.60. The van der Waals surface area contributed by atoms with Crippen LogP contribution in [0.3, 0.4) is 0 Å². The van der Waals surface area contributed by atoms with Crippen LogP contribution in [0.25, 0.3) is 0 Å². The van der Waals surface area contributed by atoms with E-state index in [0.717, 1.165) is 24.0 Å². The average Bonchev–Trinajstić information content (AvgIpc) is 2.40. The maximum Gasteiger partial charge on any atom is 0.0120 e. The second-order valence-electron chi connectivity index (χ2n) is 6.53. The highest BCUT2D eigenvalue weighted by Crippen LogP contribution is 2.27. The molecule has 4 atom stereocenters. The molecule has 0 aromatic rings. The zero-order chi connectivity index (χ0) is 14.3. The van der Waals surface area contributed by atoms with Gasteiger partial charge in [0.05, 0.1) is 0 Å². The first kappa shape index (κ1) is 17.0. The maximum absolute atomic E-state index is 3.74. The third kappa shape index (κ3) is 5.07. The van der Waals surface area contributed by atoms with Gasteiger partial charge in [-0.15, -0.1) is 0 Å². The van der Waals surface area contributed by atoms with Crippen molar-refractivity contribution in [2.24, 2.45) is 5.92 Å². The smallest absolute Gasteiger partial charge is 0.0120 e. The first-order chi connectivity index (χ1) is 9.11. The van der Waals surface area contributed by atoms with E-state index in [1.54, 1.807) is 0 Å². The summed E-state index contributed by atoms with van der Waals surface area (Å²) >= 11 is 0. The van der Waals surface area contributed by atoms with Gasteiger partial charge < -0.3 is 5.32 Å². The van der Waals surface area contributed by atoms with Crippen molar-refractivity contribution in [2.75, 3.05) is 13.1 Å². The van der Waals surface area contributed by atoms with Crippen molar-refractivity contribution in [3.63, 3.8) is 0 Å². The number of nitrogens with zero attached hydrogens (tertiary/aromatic N) is 1. The molecule has 0 aliphatic carbocycles. The predicted octanol–water partition coefficient (Wildman–Crippen LogP) is 4.05. The number of hydrogen-bond acceptors (Lipinski definition) is 2. The van der Waals surface area contributed by atoms with E-state index in [4.69, 9.17) is 0 Å². The molecule has 2 heteroatoms. The highest BCUT2D eigenvalue weighted by molar-refractivity contribution is 4.90. The van der Waals surface area contributed by atoms with Gasteiger partial charge in [0.15, 0.2) is 0 Å². The maximum atomic E-state index is 3.74. The van der Waals surface area contributed by atoms with Gasteiger partial charge in [-0.25, -0.2) is 0 Å². The van der Waals surface area contributed by atoms with E-state index in [0.29, 0.717) is 0 Å². The molecule has 1 heterocycles. The molecule has 4 unspecified atom stereocenters. The summed E-state index contributed by atoms with van der Waals surface area (Å²) in [5.74, 6) is 0.772. The topological polar surface area (TPSA) is 15.3 Å². The lowest BCUT2D eigenvalue weighted by Gasteiger charge is -2.46. The molecule has 0 amide bonds. The van der Waals surface area contributed by atoms with Crippen molar-refractivity contribution >= 4 is 0 Å². The van der Waals surface area contributed by atoms with Crippen LogP contribution in [0.15, 0.2) is 0 Å². The van der Waals surface area contributed by atoms with E-state index < -0.39 is 0 Å². The summed E-state index contributed by atoms with van der Waals surface area (Å²) in [6.07, 6.45) is 8.06.